The number of benzene rings is 1. The number of hydrogen-bond acceptors (Lipinski definition) is 4. The number of rotatable bonds is 3. The Bertz CT molecular complexity index is 813. The van der Waals surface area contributed by atoms with Gasteiger partial charge in [0.25, 0.3) is 0 Å². The summed E-state index contributed by atoms with van der Waals surface area (Å²) in [5.74, 6) is -0.253. The maximum Gasteiger partial charge on any atom is 0.354 e. The van der Waals surface area contributed by atoms with Crippen LogP contribution in [0.1, 0.15) is 21.6 Å². The fourth-order valence-electron chi connectivity index (χ4n) is 2.00. The zero-order chi connectivity index (χ0) is 17.4. The summed E-state index contributed by atoms with van der Waals surface area (Å²) >= 11 is 4.26. The fourth-order valence-corrected chi connectivity index (χ4v) is 2.19. The van der Waals surface area contributed by atoms with Gasteiger partial charge in [-0.3, -0.25) is 0 Å². The maximum atomic E-state index is 10.1. The molecule has 0 bridgehead atoms. The molecular weight excluding hydrogens is 515 g/mol. The maximum absolute atomic E-state index is 10.1. The molecule has 0 spiro atoms. The molecule has 2 aromatic heterocycles. The summed E-state index contributed by atoms with van der Waals surface area (Å²) in [5.41, 5.74) is 4.50. The van der Waals surface area contributed by atoms with Crippen LogP contribution >= 0.6 is 12.6 Å². The first kappa shape index (κ1) is 21.1. The Kier molecular flexibility index (Phi) is 9.11. The quantitative estimate of drug-likeness (QED) is 0.395. The number of aromatic carboxylic acids is 1. The van der Waals surface area contributed by atoms with Crippen molar-refractivity contribution < 1.29 is 31.0 Å². The van der Waals surface area contributed by atoms with Crippen molar-refractivity contribution in [3.05, 3.63) is 83.8 Å². The van der Waals surface area contributed by atoms with Crippen LogP contribution < -0.4 is 0 Å². The molecule has 1 N–H and O–H groups in total. The monoisotopic (exact) mass is 532 g/mol. The molecule has 0 aliphatic heterocycles. The van der Waals surface area contributed by atoms with E-state index in [2.05, 4.69) is 47.7 Å². The molecule has 0 aliphatic rings. The second-order valence-corrected chi connectivity index (χ2v) is 5.27. The van der Waals surface area contributed by atoms with Crippen LogP contribution in [0.2, 0.25) is 0 Å². The van der Waals surface area contributed by atoms with Gasteiger partial charge in [0.1, 0.15) is 5.69 Å². The average Bonchev–Trinajstić information content (AvgIpc) is 2.63. The zero-order valence-corrected chi connectivity index (χ0v) is 16.7. The van der Waals surface area contributed by atoms with Crippen molar-refractivity contribution in [2.75, 3.05) is 0 Å². The SMILES string of the molecule is Cc1ccc[c-]c1-c1cc(CS)ccn1.O=C(O)c1ccccn1.[Pt]. The number of aromatic nitrogens is 2. The summed E-state index contributed by atoms with van der Waals surface area (Å²) in [6, 6.07) is 18.0. The number of carboxylic acid groups (broad SMARTS) is 1. The standard InChI is InChI=1S/C13H12NS.C6H5NO2.Pt/c1-10-4-2-3-5-12(10)13-8-11(9-15)6-7-14-13;8-6(9)5-3-1-2-4-7-5;/h2-4,6-8,15H,9H2,1H3;1-4H,(H,8,9);/q-1;;. The molecule has 25 heavy (non-hydrogen) atoms. The van der Waals surface area contributed by atoms with Crippen molar-refractivity contribution in [2.45, 2.75) is 12.7 Å². The summed E-state index contributed by atoms with van der Waals surface area (Å²) in [6.07, 6.45) is 3.27. The van der Waals surface area contributed by atoms with Crippen LogP contribution in [0.4, 0.5) is 0 Å². The van der Waals surface area contributed by atoms with Gasteiger partial charge in [0.15, 0.2) is 0 Å². The smallest absolute Gasteiger partial charge is 0.354 e. The number of nitrogens with zero attached hydrogens (tertiary/aromatic N) is 2. The number of pyridine rings is 2. The van der Waals surface area contributed by atoms with Crippen molar-refractivity contribution >= 4 is 18.6 Å². The van der Waals surface area contributed by atoms with Gasteiger partial charge < -0.3 is 10.1 Å². The van der Waals surface area contributed by atoms with Crippen molar-refractivity contribution in [1.29, 1.82) is 0 Å². The van der Waals surface area contributed by atoms with Gasteiger partial charge in [-0.2, -0.15) is 12.6 Å². The average molecular weight is 533 g/mol. The van der Waals surface area contributed by atoms with Gasteiger partial charge in [-0.15, -0.1) is 35.4 Å². The van der Waals surface area contributed by atoms with E-state index in [0.717, 1.165) is 17.0 Å². The number of carboxylic acids is 1. The van der Waals surface area contributed by atoms with E-state index >= 15 is 0 Å². The number of carbonyl (C=O) groups is 1. The molecule has 4 nitrogen and oxygen atoms in total. The first-order chi connectivity index (χ1) is 11.6. The first-order valence-corrected chi connectivity index (χ1v) is 7.93. The molecular formula is C19H17N2O2PtS-. The summed E-state index contributed by atoms with van der Waals surface area (Å²) in [6.45, 7) is 2.07. The van der Waals surface area contributed by atoms with E-state index in [9.17, 15) is 4.79 Å². The zero-order valence-electron chi connectivity index (χ0n) is 13.5. The predicted octanol–water partition coefficient (Wildman–Crippen LogP) is 4.06. The third-order valence-corrected chi connectivity index (χ3v) is 3.58. The molecule has 3 aromatic rings. The van der Waals surface area contributed by atoms with Gasteiger partial charge in [-0.05, 0) is 29.5 Å². The second kappa shape index (κ2) is 10.8. The Morgan fingerprint density at radius 2 is 1.96 bits per heavy atom. The second-order valence-electron chi connectivity index (χ2n) is 4.96. The number of aryl methyl sites for hydroxylation is 1. The van der Waals surface area contributed by atoms with E-state index in [4.69, 9.17) is 5.11 Å². The third kappa shape index (κ3) is 6.44. The van der Waals surface area contributed by atoms with Crippen molar-refractivity contribution in [3.63, 3.8) is 0 Å². The van der Waals surface area contributed by atoms with Gasteiger partial charge in [0.2, 0.25) is 0 Å². The van der Waals surface area contributed by atoms with Gasteiger partial charge in [0.05, 0.1) is 0 Å². The molecule has 0 aliphatic carbocycles. The van der Waals surface area contributed by atoms with Crippen molar-refractivity contribution in [2.24, 2.45) is 0 Å². The molecule has 3 rings (SSSR count). The topological polar surface area (TPSA) is 63.1 Å². The Hall–Kier alpha value is -1.97. The first-order valence-electron chi connectivity index (χ1n) is 7.29. The van der Waals surface area contributed by atoms with Gasteiger partial charge in [0, 0.05) is 39.2 Å². The van der Waals surface area contributed by atoms with E-state index in [1.54, 1.807) is 12.1 Å². The van der Waals surface area contributed by atoms with Crippen LogP contribution in [0.5, 0.6) is 0 Å². The summed E-state index contributed by atoms with van der Waals surface area (Å²) in [7, 11) is 0. The van der Waals surface area contributed by atoms with Crippen LogP contribution in [-0.4, -0.2) is 21.0 Å². The summed E-state index contributed by atoms with van der Waals surface area (Å²) < 4.78 is 0. The number of thiol groups is 1. The third-order valence-electron chi connectivity index (χ3n) is 3.21. The van der Waals surface area contributed by atoms with Gasteiger partial charge in [-0.25, -0.2) is 9.78 Å². The van der Waals surface area contributed by atoms with Gasteiger partial charge in [-0.1, -0.05) is 19.1 Å². The Morgan fingerprint density at radius 1 is 1.16 bits per heavy atom. The minimum atomic E-state index is -0.990. The van der Waals surface area contributed by atoms with E-state index < -0.39 is 5.97 Å². The largest absolute Gasteiger partial charge is 0.477 e. The van der Waals surface area contributed by atoms with Crippen LogP contribution in [-0.2, 0) is 26.8 Å². The number of hydrogen-bond donors (Lipinski definition) is 2. The molecule has 0 amide bonds. The van der Waals surface area contributed by atoms with E-state index in [1.165, 1.54) is 23.4 Å². The molecule has 0 saturated carbocycles. The Balaban J connectivity index is 0.000000270. The van der Waals surface area contributed by atoms with Crippen molar-refractivity contribution in [3.8, 4) is 11.3 Å². The molecule has 132 valence electrons. The van der Waals surface area contributed by atoms with Gasteiger partial charge >= 0.3 is 5.97 Å². The van der Waals surface area contributed by atoms with E-state index in [-0.39, 0.29) is 26.8 Å². The fraction of sp³-hybridized carbons (Fsp3) is 0.105. The van der Waals surface area contributed by atoms with E-state index in [1.807, 2.05) is 24.4 Å². The van der Waals surface area contributed by atoms with Crippen LogP contribution in [0.25, 0.3) is 11.3 Å². The summed E-state index contributed by atoms with van der Waals surface area (Å²) in [5, 5.41) is 8.32. The molecule has 2 heterocycles. The molecule has 0 atom stereocenters. The minimum absolute atomic E-state index is 0. The van der Waals surface area contributed by atoms with Crippen molar-refractivity contribution in [1.82, 2.24) is 9.97 Å². The van der Waals surface area contributed by atoms with Crippen LogP contribution in [0, 0.1) is 13.0 Å². The normalized spacial score (nSPS) is 9.36. The molecule has 0 unspecified atom stereocenters. The molecule has 0 fully saturated rings. The summed E-state index contributed by atoms with van der Waals surface area (Å²) in [4.78, 5) is 18.1. The van der Waals surface area contributed by atoms with Crippen LogP contribution in [0.15, 0.2) is 60.9 Å². The Morgan fingerprint density at radius 3 is 2.52 bits per heavy atom. The Labute approximate surface area is 167 Å². The van der Waals surface area contributed by atoms with E-state index in [0.29, 0.717) is 0 Å². The molecule has 1 aromatic carbocycles. The molecule has 0 radical (unpaired) electrons. The molecule has 0 saturated heterocycles. The minimum Gasteiger partial charge on any atom is -0.477 e. The molecule has 6 heteroatoms. The van der Waals surface area contributed by atoms with Crippen LogP contribution in [0.3, 0.4) is 0 Å². The predicted molar refractivity (Wildman–Crippen MR) is 97.1 cm³/mol.